The number of nitrogens with one attached hydrogen (secondary N) is 2. The molecule has 0 aliphatic heterocycles. The molecule has 0 aliphatic rings. The zero-order chi connectivity index (χ0) is 41.1. The number of aromatic nitrogens is 8. The maximum Gasteiger partial charge on any atom is 0.344 e. The van der Waals surface area contributed by atoms with Crippen molar-refractivity contribution >= 4 is 91.0 Å². The van der Waals surface area contributed by atoms with Crippen LogP contribution in [0, 0.1) is 0 Å². The molecule has 0 amide bonds. The van der Waals surface area contributed by atoms with Crippen LogP contribution in [0.5, 0.6) is 0 Å². The number of aliphatic carboxylic acids is 2. The maximum absolute atomic E-state index is 9.56. The summed E-state index contributed by atoms with van der Waals surface area (Å²) in [7, 11) is -1.22. The zero-order valence-electron chi connectivity index (χ0n) is 30.2. The van der Waals surface area contributed by atoms with Gasteiger partial charge in [-0.1, -0.05) is 70.6 Å². The molecule has 0 bridgehead atoms. The third-order valence-corrected chi connectivity index (χ3v) is 5.40. The van der Waals surface area contributed by atoms with Gasteiger partial charge in [-0.3, -0.25) is 8.42 Å². The molecule has 288 valence electrons. The van der Waals surface area contributed by atoms with Crippen molar-refractivity contribution in [3.05, 3.63) is 60.7 Å². The Labute approximate surface area is 314 Å². The van der Waals surface area contributed by atoms with E-state index in [1.807, 2.05) is 60.7 Å². The van der Waals surface area contributed by atoms with Gasteiger partial charge in [-0.2, -0.15) is 0 Å². The Hall–Kier alpha value is -6.68. The summed E-state index contributed by atoms with van der Waals surface area (Å²) in [6, 6.07) is 19.0. The van der Waals surface area contributed by atoms with Crippen LogP contribution in [0.3, 0.4) is 0 Å². The molecule has 0 atom stereocenters. The molecule has 0 saturated heterocycles. The van der Waals surface area contributed by atoms with Crippen LogP contribution in [0.15, 0.2) is 60.7 Å². The minimum atomic E-state index is -1.08. The summed E-state index contributed by atoms with van der Waals surface area (Å²) in [6.45, 7) is 1.94. The zero-order valence-corrected chi connectivity index (χ0v) is 31.8. The van der Waals surface area contributed by atoms with Gasteiger partial charge in [0.15, 0.2) is 11.0 Å². The highest BCUT2D eigenvalue weighted by atomic mass is 32.2. The van der Waals surface area contributed by atoms with Gasteiger partial charge in [-0.15, -0.1) is 9.97 Å². The van der Waals surface area contributed by atoms with E-state index in [1.54, 1.807) is 25.0 Å². The Morgan fingerprint density at radius 3 is 1.04 bits per heavy atom. The molecule has 0 saturated carbocycles. The summed E-state index contributed by atoms with van der Waals surface area (Å²) < 4.78 is 19.1. The number of nitrogens with zero attached hydrogens (tertiary/aromatic N) is 6. The van der Waals surface area contributed by atoms with Crippen LogP contribution >= 0.6 is 0 Å². The van der Waals surface area contributed by atoms with Crippen molar-refractivity contribution in [2.45, 2.75) is 13.8 Å². The molecule has 14 N–H and O–H groups in total. The minimum absolute atomic E-state index is 0.172. The number of H-pyrrole nitrogens is 2. The number of carboxylic acids is 2. The number of carboxylic acid groups (broad SMARTS) is 2. The molecule has 6 rings (SSSR count). The fourth-order valence-corrected chi connectivity index (χ4v) is 3.71. The van der Waals surface area contributed by atoms with Crippen molar-refractivity contribution in [1.82, 2.24) is 29.9 Å². The summed E-state index contributed by atoms with van der Waals surface area (Å²) >= 11 is 0. The number of anilines is 6. The molecule has 0 radical (unpaired) electrons. The fourth-order valence-electron chi connectivity index (χ4n) is 3.71. The third-order valence-electron chi connectivity index (χ3n) is 5.40. The minimum Gasteiger partial charge on any atom is -0.550 e. The number of nitrogen functional groups attached to an aromatic ring is 6. The van der Waals surface area contributed by atoms with Gasteiger partial charge < -0.3 is 54.2 Å². The van der Waals surface area contributed by atoms with Crippen molar-refractivity contribution in [1.29, 1.82) is 0 Å². The first-order valence-electron chi connectivity index (χ1n) is 15.0. The van der Waals surface area contributed by atoms with Crippen molar-refractivity contribution in [2.75, 3.05) is 59.4 Å². The van der Waals surface area contributed by atoms with Crippen molar-refractivity contribution in [3.63, 3.8) is 0 Å². The Balaban J connectivity index is 0.000000389. The number of hydrogen-bond acceptors (Lipinski definition) is 18. The van der Waals surface area contributed by atoms with Crippen molar-refractivity contribution in [2.24, 2.45) is 0 Å². The first-order valence-corrected chi connectivity index (χ1v) is 19.0. The lowest BCUT2D eigenvalue weighted by Crippen LogP contribution is -2.18. The van der Waals surface area contributed by atoms with Gasteiger partial charge in [0, 0.05) is 69.7 Å². The van der Waals surface area contributed by atoms with Gasteiger partial charge in [-0.05, 0) is 13.8 Å². The molecule has 0 unspecified atom stereocenters. The van der Waals surface area contributed by atoms with Gasteiger partial charge in [0.1, 0.15) is 11.4 Å². The van der Waals surface area contributed by atoms with E-state index in [9.17, 15) is 8.42 Å². The van der Waals surface area contributed by atoms with Crippen LogP contribution in [0.1, 0.15) is 13.8 Å². The lowest BCUT2D eigenvalue weighted by Gasteiger charge is -2.04. The second-order valence-corrected chi connectivity index (χ2v) is 13.5. The number of rotatable bonds is 2. The quantitative estimate of drug-likeness (QED) is 0.111. The van der Waals surface area contributed by atoms with Crippen LogP contribution in [-0.2, 0) is 31.2 Å². The number of fused-ring (bicyclic) bond motifs is 2. The van der Waals surface area contributed by atoms with E-state index in [0.29, 0.717) is 45.4 Å². The van der Waals surface area contributed by atoms with E-state index in [4.69, 9.17) is 54.2 Å². The van der Waals surface area contributed by atoms with Gasteiger partial charge >= 0.3 is 11.9 Å². The summed E-state index contributed by atoms with van der Waals surface area (Å²) in [5.41, 5.74) is 39.2. The fraction of sp³-hybridized carbons (Fsp3) is 0.188. The standard InChI is InChI=1S/2C12H11N7.2C2H4O2.2C2H6OS/c2*13-9-7(6-4-2-1-3-5-6)16-8-10(14)18-12(15)19-11(8)17-9;2*1-2(3)4;2*1-4(2)3/h2*1-5H,(H6,13,14,15,17,18,19);2*1H3,(H,3,4);2*1-2H3. The van der Waals surface area contributed by atoms with E-state index in [0.717, 1.165) is 25.0 Å². The Bertz CT molecular complexity index is 2020. The monoisotopic (exact) mass is 782 g/mol. The summed E-state index contributed by atoms with van der Waals surface area (Å²) in [4.78, 5) is 48.5. The second kappa shape index (κ2) is 22.3. The number of hydrogen-bond donors (Lipinski definition) is 6. The predicted octanol–water partition coefficient (Wildman–Crippen LogP) is -1.99. The first kappa shape index (κ1) is 45.3. The van der Waals surface area contributed by atoms with Crippen LogP contribution in [0.25, 0.3) is 44.8 Å². The van der Waals surface area contributed by atoms with E-state index in [1.165, 1.54) is 0 Å². The molecule has 0 aliphatic carbocycles. The molecule has 0 fully saturated rings. The first-order chi connectivity index (χ1) is 25.2. The SMILES string of the molecule is CC(=O)[O-].CC(=O)[O-].CS(C)=O.CS(C)=O.Nc1nc(N)c2nc(-c3ccccc3)c(N)nc2[nH+]1.Nc1nc(N)c2nc(-c3ccccc3)c(N)nc2[nH+]1. The third kappa shape index (κ3) is 16.6. The normalized spacial score (nSPS) is 9.78. The lowest BCUT2D eigenvalue weighted by molar-refractivity contribution is -0.334. The number of carbonyl (C=O) groups excluding carboxylic acids is 2. The average molecular weight is 783 g/mol. The second-order valence-electron chi connectivity index (χ2n) is 10.5. The highest BCUT2D eigenvalue weighted by molar-refractivity contribution is 7.83. The lowest BCUT2D eigenvalue weighted by atomic mass is 10.1. The highest BCUT2D eigenvalue weighted by Gasteiger charge is 2.18. The summed E-state index contributed by atoms with van der Waals surface area (Å²) in [5.74, 6) is -0.774. The van der Waals surface area contributed by atoms with Gasteiger partial charge in [0.2, 0.25) is 23.3 Å². The van der Waals surface area contributed by atoms with E-state index < -0.39 is 33.5 Å². The van der Waals surface area contributed by atoms with Crippen LogP contribution in [-0.4, -0.2) is 75.3 Å². The molecule has 54 heavy (non-hydrogen) atoms. The predicted molar refractivity (Wildman–Crippen MR) is 206 cm³/mol. The number of aromatic amines is 2. The van der Waals surface area contributed by atoms with Gasteiger partial charge in [0.05, 0.1) is 0 Å². The summed E-state index contributed by atoms with van der Waals surface area (Å²) in [5, 5.41) is 17.8. The molecule has 6 aromatic rings. The number of nitrogens with two attached hydrogens (primary N) is 6. The molecule has 2 aromatic carbocycles. The Morgan fingerprint density at radius 1 is 0.519 bits per heavy atom. The van der Waals surface area contributed by atoms with Crippen molar-refractivity contribution < 1.29 is 38.2 Å². The Kier molecular flexibility index (Phi) is 18.7. The molecular formula is C32H42N14O6S2. The van der Waals surface area contributed by atoms with Crippen LogP contribution in [0.2, 0.25) is 0 Å². The maximum atomic E-state index is 9.56. The van der Waals surface area contributed by atoms with E-state index in [2.05, 4.69) is 39.9 Å². The Morgan fingerprint density at radius 2 is 0.778 bits per heavy atom. The van der Waals surface area contributed by atoms with Crippen LogP contribution in [0.4, 0.5) is 35.2 Å². The van der Waals surface area contributed by atoms with Gasteiger partial charge in [-0.25, -0.2) is 19.9 Å². The molecular weight excluding hydrogens is 741 g/mol. The molecule has 0 spiro atoms. The molecule has 22 heteroatoms. The number of carbonyl (C=O) groups is 2. The molecule has 4 heterocycles. The van der Waals surface area contributed by atoms with Gasteiger partial charge in [0.25, 0.3) is 11.3 Å². The van der Waals surface area contributed by atoms with Crippen molar-refractivity contribution in [3.8, 4) is 22.5 Å². The molecule has 20 nitrogen and oxygen atoms in total. The van der Waals surface area contributed by atoms with E-state index >= 15 is 0 Å². The van der Waals surface area contributed by atoms with E-state index in [-0.39, 0.29) is 23.5 Å². The average Bonchev–Trinajstić information content (AvgIpc) is 3.04. The number of benzene rings is 2. The topological polar surface area (TPSA) is 376 Å². The largest absolute Gasteiger partial charge is 0.550 e. The smallest absolute Gasteiger partial charge is 0.344 e. The highest BCUT2D eigenvalue weighted by Crippen LogP contribution is 2.26. The summed E-state index contributed by atoms with van der Waals surface area (Å²) in [6.07, 6.45) is 6.56. The van der Waals surface area contributed by atoms with Crippen LogP contribution < -0.4 is 54.6 Å². The molecule has 4 aromatic heterocycles.